The van der Waals surface area contributed by atoms with E-state index in [9.17, 15) is 0 Å². The maximum absolute atomic E-state index is 5.25. The van der Waals surface area contributed by atoms with Gasteiger partial charge >= 0.3 is 0 Å². The SMILES string of the molecule is COc1ccc(CCNC(=NCc2nnc(C)n2C)NCC2CCC(C(C)C)CC2)cc1.I. The molecule has 0 amide bonds. The van der Waals surface area contributed by atoms with Crippen molar-refractivity contribution in [3.8, 4) is 5.75 Å². The third-order valence-electron chi connectivity index (χ3n) is 6.82. The van der Waals surface area contributed by atoms with Crippen molar-refractivity contribution in [2.24, 2.45) is 29.8 Å². The Morgan fingerprint density at radius 2 is 1.82 bits per heavy atom. The van der Waals surface area contributed by atoms with Crippen LogP contribution in [0.15, 0.2) is 29.3 Å². The molecule has 0 radical (unpaired) electrons. The number of nitrogens with zero attached hydrogens (tertiary/aromatic N) is 4. The van der Waals surface area contributed by atoms with Crippen LogP contribution in [-0.4, -0.2) is 40.9 Å². The molecule has 8 heteroatoms. The van der Waals surface area contributed by atoms with Gasteiger partial charge < -0.3 is 19.9 Å². The number of aryl methyl sites for hydroxylation is 1. The van der Waals surface area contributed by atoms with E-state index in [4.69, 9.17) is 9.73 Å². The smallest absolute Gasteiger partial charge is 0.191 e. The Kier molecular flexibility index (Phi) is 11.4. The molecule has 2 aromatic rings. The van der Waals surface area contributed by atoms with Gasteiger partial charge in [0, 0.05) is 20.1 Å². The first-order valence-corrected chi connectivity index (χ1v) is 12.0. The fourth-order valence-corrected chi connectivity index (χ4v) is 4.33. The highest BCUT2D eigenvalue weighted by atomic mass is 127. The van der Waals surface area contributed by atoms with E-state index >= 15 is 0 Å². The summed E-state index contributed by atoms with van der Waals surface area (Å²) in [6.07, 6.45) is 6.22. The van der Waals surface area contributed by atoms with Crippen molar-refractivity contribution in [2.75, 3.05) is 20.2 Å². The molecule has 3 rings (SSSR count). The van der Waals surface area contributed by atoms with Crippen LogP contribution < -0.4 is 15.4 Å². The third-order valence-corrected chi connectivity index (χ3v) is 6.82. The number of benzene rings is 1. The van der Waals surface area contributed by atoms with E-state index in [2.05, 4.69) is 46.8 Å². The average Bonchev–Trinajstić information content (AvgIpc) is 3.13. The predicted octanol–water partition coefficient (Wildman–Crippen LogP) is 4.49. The van der Waals surface area contributed by atoms with Gasteiger partial charge in [-0.05, 0) is 74.5 Å². The first-order valence-electron chi connectivity index (χ1n) is 12.0. The summed E-state index contributed by atoms with van der Waals surface area (Å²) < 4.78 is 7.24. The van der Waals surface area contributed by atoms with Crippen LogP contribution in [0, 0.1) is 24.7 Å². The topological polar surface area (TPSA) is 76.4 Å². The second-order valence-electron chi connectivity index (χ2n) is 9.32. The molecule has 0 aliphatic heterocycles. The molecule has 0 bridgehead atoms. The Balaban J connectivity index is 0.00000385. The lowest BCUT2D eigenvalue weighted by molar-refractivity contribution is 0.224. The Morgan fingerprint density at radius 1 is 1.12 bits per heavy atom. The predicted molar refractivity (Wildman–Crippen MR) is 145 cm³/mol. The van der Waals surface area contributed by atoms with Crippen molar-refractivity contribution in [3.63, 3.8) is 0 Å². The fourth-order valence-electron chi connectivity index (χ4n) is 4.33. The number of aromatic nitrogens is 3. The lowest BCUT2D eigenvalue weighted by Crippen LogP contribution is -2.41. The van der Waals surface area contributed by atoms with Crippen molar-refractivity contribution in [1.29, 1.82) is 0 Å². The lowest BCUT2D eigenvalue weighted by Gasteiger charge is -2.31. The molecule has 7 nitrogen and oxygen atoms in total. The van der Waals surface area contributed by atoms with Crippen molar-refractivity contribution in [2.45, 2.75) is 59.4 Å². The quantitative estimate of drug-likeness (QED) is 0.265. The van der Waals surface area contributed by atoms with Gasteiger partial charge in [-0.3, -0.25) is 0 Å². The summed E-state index contributed by atoms with van der Waals surface area (Å²) >= 11 is 0. The molecule has 1 aromatic carbocycles. The number of ether oxygens (including phenoxy) is 1. The molecule has 0 saturated heterocycles. The summed E-state index contributed by atoms with van der Waals surface area (Å²) in [5.41, 5.74) is 1.27. The number of aliphatic imine (C=N–C) groups is 1. The van der Waals surface area contributed by atoms with E-state index in [1.807, 2.05) is 30.7 Å². The van der Waals surface area contributed by atoms with Crippen LogP contribution >= 0.6 is 24.0 Å². The minimum Gasteiger partial charge on any atom is -0.497 e. The van der Waals surface area contributed by atoms with E-state index < -0.39 is 0 Å². The van der Waals surface area contributed by atoms with Crippen molar-refractivity contribution >= 4 is 29.9 Å². The van der Waals surface area contributed by atoms with Crippen LogP contribution in [0.5, 0.6) is 5.75 Å². The van der Waals surface area contributed by atoms with Gasteiger partial charge in [-0.25, -0.2) is 4.99 Å². The summed E-state index contributed by atoms with van der Waals surface area (Å²) in [7, 11) is 3.68. The van der Waals surface area contributed by atoms with Crippen LogP contribution in [0.2, 0.25) is 0 Å². The Hall–Kier alpha value is -1.84. The summed E-state index contributed by atoms with van der Waals surface area (Å²) in [5, 5.41) is 15.5. The molecule has 0 atom stereocenters. The van der Waals surface area contributed by atoms with Crippen molar-refractivity contribution in [3.05, 3.63) is 41.5 Å². The van der Waals surface area contributed by atoms with Gasteiger partial charge in [0.1, 0.15) is 18.1 Å². The van der Waals surface area contributed by atoms with Crippen LogP contribution in [0.4, 0.5) is 0 Å². The molecule has 0 spiro atoms. The molecule has 1 heterocycles. The maximum atomic E-state index is 5.25. The van der Waals surface area contributed by atoms with Crippen LogP contribution in [-0.2, 0) is 20.0 Å². The highest BCUT2D eigenvalue weighted by Crippen LogP contribution is 2.32. The third kappa shape index (κ3) is 8.46. The number of hydrogen-bond acceptors (Lipinski definition) is 4. The van der Waals surface area contributed by atoms with Crippen LogP contribution in [0.1, 0.15) is 56.7 Å². The van der Waals surface area contributed by atoms with Gasteiger partial charge in [-0.2, -0.15) is 0 Å². The number of nitrogens with one attached hydrogen (secondary N) is 2. The molecule has 0 unspecified atom stereocenters. The summed E-state index contributed by atoms with van der Waals surface area (Å²) in [6.45, 7) is 8.96. The van der Waals surface area contributed by atoms with Crippen LogP contribution in [0.25, 0.3) is 0 Å². The zero-order valence-electron chi connectivity index (χ0n) is 20.8. The van der Waals surface area contributed by atoms with E-state index in [1.54, 1.807) is 7.11 Å². The molecule has 2 N–H and O–H groups in total. The molecular weight excluding hydrogens is 527 g/mol. The maximum Gasteiger partial charge on any atom is 0.191 e. The first-order chi connectivity index (χ1) is 15.5. The second-order valence-corrected chi connectivity index (χ2v) is 9.32. The number of hydrogen-bond donors (Lipinski definition) is 2. The summed E-state index contributed by atoms with van der Waals surface area (Å²) in [6, 6.07) is 8.24. The van der Waals surface area contributed by atoms with Crippen molar-refractivity contribution in [1.82, 2.24) is 25.4 Å². The van der Waals surface area contributed by atoms with Gasteiger partial charge in [-0.1, -0.05) is 26.0 Å². The zero-order valence-corrected chi connectivity index (χ0v) is 23.1. The van der Waals surface area contributed by atoms with Gasteiger partial charge in [0.15, 0.2) is 11.8 Å². The summed E-state index contributed by atoms with van der Waals surface area (Å²) in [5.74, 6) is 5.92. The second kappa shape index (κ2) is 13.8. The molecule has 1 aliphatic rings. The molecule has 1 aliphatic carbocycles. The normalized spacial score (nSPS) is 18.7. The van der Waals surface area contributed by atoms with Crippen molar-refractivity contribution < 1.29 is 4.74 Å². The number of methoxy groups -OCH3 is 1. The molecular formula is C25H41IN6O. The number of guanidine groups is 1. The van der Waals surface area contributed by atoms with E-state index in [-0.39, 0.29) is 24.0 Å². The monoisotopic (exact) mass is 568 g/mol. The largest absolute Gasteiger partial charge is 0.497 e. The molecule has 33 heavy (non-hydrogen) atoms. The Morgan fingerprint density at radius 3 is 2.39 bits per heavy atom. The van der Waals surface area contributed by atoms with Crippen LogP contribution in [0.3, 0.4) is 0 Å². The van der Waals surface area contributed by atoms with Gasteiger partial charge in [0.2, 0.25) is 0 Å². The first kappa shape index (κ1) is 27.4. The highest BCUT2D eigenvalue weighted by molar-refractivity contribution is 14.0. The molecule has 184 valence electrons. The van der Waals surface area contributed by atoms with E-state index in [0.717, 1.165) is 60.6 Å². The Labute approximate surface area is 216 Å². The van der Waals surface area contributed by atoms with E-state index in [1.165, 1.54) is 31.2 Å². The lowest BCUT2D eigenvalue weighted by atomic mass is 9.77. The van der Waals surface area contributed by atoms with Gasteiger partial charge in [0.05, 0.1) is 7.11 Å². The van der Waals surface area contributed by atoms with Gasteiger partial charge in [0.25, 0.3) is 0 Å². The average molecular weight is 569 g/mol. The minimum absolute atomic E-state index is 0. The summed E-state index contributed by atoms with van der Waals surface area (Å²) in [4.78, 5) is 4.81. The molecule has 1 saturated carbocycles. The number of rotatable bonds is 9. The zero-order chi connectivity index (χ0) is 22.9. The Bertz CT molecular complexity index is 856. The highest BCUT2D eigenvalue weighted by Gasteiger charge is 2.23. The fraction of sp³-hybridized carbons (Fsp3) is 0.640. The standard InChI is InChI=1S/C25H40N6O.HI/c1-18(2)22-10-6-21(7-11-22)16-27-25(28-17-24-30-29-19(3)31(24)4)26-15-14-20-8-12-23(32-5)13-9-20;/h8-9,12-13,18,21-22H,6-7,10-11,14-17H2,1-5H3,(H2,26,27,28);1H. The molecule has 1 aromatic heterocycles. The molecule has 1 fully saturated rings. The number of halogens is 1. The minimum atomic E-state index is 0. The van der Waals surface area contributed by atoms with E-state index in [0.29, 0.717) is 6.54 Å². The van der Waals surface area contributed by atoms with Gasteiger partial charge in [-0.15, -0.1) is 34.2 Å².